The molecule has 0 radical (unpaired) electrons. The Labute approximate surface area is 117 Å². The van der Waals surface area contributed by atoms with Crippen LogP contribution in [0, 0.1) is 0 Å². The minimum atomic E-state index is -3.22. The fourth-order valence-corrected chi connectivity index (χ4v) is 0. The van der Waals surface area contributed by atoms with Gasteiger partial charge in [0, 0.05) is 0 Å². The van der Waals surface area contributed by atoms with Crippen LogP contribution in [0.3, 0.4) is 0 Å². The van der Waals surface area contributed by atoms with E-state index in [4.69, 9.17) is 0 Å². The molecule has 0 aromatic carbocycles. The Hall–Kier alpha value is 3.13. The topological polar surface area (TPSA) is 17.1 Å². The molecular formula is Cl7HfOP. The molecule has 0 amide bonds. The van der Waals surface area contributed by atoms with Crippen LogP contribution in [-0.2, 0) is 30.4 Å². The summed E-state index contributed by atoms with van der Waals surface area (Å²) in [4.78, 5) is 0. The summed E-state index contributed by atoms with van der Waals surface area (Å²) in [6.07, 6.45) is 0. The summed E-state index contributed by atoms with van der Waals surface area (Å²) in [6, 6.07) is 0. The van der Waals surface area contributed by atoms with E-state index in [2.05, 4.69) is 33.7 Å². The molecule has 10 heteroatoms. The summed E-state index contributed by atoms with van der Waals surface area (Å²) < 4.78 is 9.51. The van der Waals surface area contributed by atoms with E-state index in [-0.39, 0.29) is 75.5 Å². The van der Waals surface area contributed by atoms with Gasteiger partial charge in [0.1, 0.15) is 0 Å². The molecule has 0 fully saturated rings. The monoisotopic (exact) mass is 472 g/mol. The van der Waals surface area contributed by atoms with Crippen LogP contribution in [0.4, 0.5) is 0 Å². The Morgan fingerprint density at radius 3 is 0.800 bits per heavy atom. The molecule has 0 aromatic heterocycles. The SMILES string of the molecule is O=P(Cl)(Cl)Cl.[Cl-].[Cl-].[Cl-].[Cl-].[Hf+4]. The first-order chi connectivity index (χ1) is 2.00. The standard InChI is InChI=1S/Cl3OP.4ClH.Hf/c1-5(2,3)4;;;;;/h;4*1H;/q;;;;;+4/p-4. The Bertz CT molecular complexity index is 59.7. The maximum atomic E-state index is 9.51. The van der Waals surface area contributed by atoms with Crippen LogP contribution in [0.25, 0.3) is 0 Å². The molecule has 64 valence electrons. The molecule has 1 nitrogen and oxygen atoms in total. The molecule has 0 atom stereocenters. The Kier molecular flexibility index (Phi) is 68.5. The van der Waals surface area contributed by atoms with Gasteiger partial charge in [-0.05, 0) is 33.7 Å². The van der Waals surface area contributed by atoms with Gasteiger partial charge in [-0.1, -0.05) is 0 Å². The average molecular weight is 474 g/mol. The van der Waals surface area contributed by atoms with E-state index in [0.717, 1.165) is 0 Å². The zero-order chi connectivity index (χ0) is 4.50. The van der Waals surface area contributed by atoms with E-state index in [1.807, 2.05) is 0 Å². The molecule has 0 saturated carbocycles. The van der Waals surface area contributed by atoms with Gasteiger partial charge in [0.25, 0.3) is 0 Å². The van der Waals surface area contributed by atoms with Gasteiger partial charge in [-0.2, -0.15) is 0 Å². The molecule has 0 N–H and O–H groups in total. The van der Waals surface area contributed by atoms with Crippen LogP contribution in [0.1, 0.15) is 0 Å². The Morgan fingerprint density at radius 2 is 0.800 bits per heavy atom. The van der Waals surface area contributed by atoms with Gasteiger partial charge >= 0.3 is 31.0 Å². The predicted octanol–water partition coefficient (Wildman–Crippen LogP) is -9.18. The largest absolute Gasteiger partial charge is 4.00 e. The van der Waals surface area contributed by atoms with Gasteiger partial charge in [-0.15, -0.1) is 0 Å². The maximum absolute atomic E-state index is 9.51. The fourth-order valence-electron chi connectivity index (χ4n) is 0. The van der Waals surface area contributed by atoms with E-state index in [0.29, 0.717) is 0 Å². The van der Waals surface area contributed by atoms with Crippen molar-refractivity contribution in [1.29, 1.82) is 0 Å². The second-order valence-electron chi connectivity index (χ2n) is 0.399. The van der Waals surface area contributed by atoms with Crippen molar-refractivity contribution in [3.63, 3.8) is 0 Å². The van der Waals surface area contributed by atoms with E-state index in [1.165, 1.54) is 0 Å². The molecule has 10 heavy (non-hydrogen) atoms. The van der Waals surface area contributed by atoms with Crippen molar-refractivity contribution in [3.05, 3.63) is 0 Å². The zero-order valence-electron chi connectivity index (χ0n) is 4.00. The second kappa shape index (κ2) is 18.0. The van der Waals surface area contributed by atoms with Gasteiger partial charge in [0.15, 0.2) is 0 Å². The van der Waals surface area contributed by atoms with Crippen LogP contribution >= 0.6 is 38.9 Å². The molecule has 0 heterocycles. The normalized spacial score (nSPS) is 5.90. The third-order valence-electron chi connectivity index (χ3n) is 0. The first-order valence-electron chi connectivity index (χ1n) is 0.690. The van der Waals surface area contributed by atoms with Crippen LogP contribution < -0.4 is 49.6 Å². The average Bonchev–Trinajstić information content (AvgIpc) is 0.722. The first kappa shape index (κ1) is 38.0. The molecule has 0 aromatic rings. The molecule has 0 aliphatic rings. The third-order valence-corrected chi connectivity index (χ3v) is 0. The summed E-state index contributed by atoms with van der Waals surface area (Å²) in [6.45, 7) is 0. The summed E-state index contributed by atoms with van der Waals surface area (Å²) in [7, 11) is 0. The van der Waals surface area contributed by atoms with Crippen LogP contribution in [0.5, 0.6) is 0 Å². The van der Waals surface area contributed by atoms with Gasteiger partial charge in [0.05, 0.1) is 0 Å². The van der Waals surface area contributed by atoms with Crippen molar-refractivity contribution in [3.8, 4) is 0 Å². The number of hydrogen-bond donors (Lipinski definition) is 0. The second-order valence-corrected chi connectivity index (χ2v) is 7.04. The third kappa shape index (κ3) is 117. The van der Waals surface area contributed by atoms with E-state index in [9.17, 15) is 4.57 Å². The number of rotatable bonds is 0. The molecule has 0 spiro atoms. The summed E-state index contributed by atoms with van der Waals surface area (Å²) in [5.74, 6) is 0. The fraction of sp³-hybridized carbons (Fsp3) is 0. The maximum Gasteiger partial charge on any atom is 4.00 e. The Morgan fingerprint density at radius 1 is 0.800 bits per heavy atom. The molecule has 0 aliphatic heterocycles. The molecule has 0 rings (SSSR count). The number of halogens is 7. The van der Waals surface area contributed by atoms with Crippen molar-refractivity contribution >= 4 is 38.9 Å². The minimum Gasteiger partial charge on any atom is -1.00 e. The van der Waals surface area contributed by atoms with Gasteiger partial charge in [-0.25, -0.2) is 0 Å². The number of hydrogen-bond acceptors (Lipinski definition) is 1. The van der Waals surface area contributed by atoms with Crippen LogP contribution in [0.15, 0.2) is 0 Å². The summed E-state index contributed by atoms with van der Waals surface area (Å²) in [5.41, 5.74) is 0. The van der Waals surface area contributed by atoms with Crippen LogP contribution in [0.2, 0.25) is 0 Å². The molecule has 0 unspecified atom stereocenters. The molecule has 0 bridgehead atoms. The van der Waals surface area contributed by atoms with E-state index in [1.54, 1.807) is 0 Å². The van der Waals surface area contributed by atoms with Crippen molar-refractivity contribution in [1.82, 2.24) is 0 Å². The summed E-state index contributed by atoms with van der Waals surface area (Å²) in [5, 5.41) is -3.22. The molecule has 0 saturated heterocycles. The van der Waals surface area contributed by atoms with Crippen molar-refractivity contribution < 1.29 is 80.0 Å². The van der Waals surface area contributed by atoms with Crippen molar-refractivity contribution in [2.24, 2.45) is 0 Å². The van der Waals surface area contributed by atoms with Crippen LogP contribution in [-0.4, -0.2) is 0 Å². The van der Waals surface area contributed by atoms with E-state index < -0.39 is 5.20 Å². The molecule has 0 aliphatic carbocycles. The quantitative estimate of drug-likeness (QED) is 0.252. The summed E-state index contributed by atoms with van der Waals surface area (Å²) >= 11 is 13.8. The van der Waals surface area contributed by atoms with Crippen molar-refractivity contribution in [2.45, 2.75) is 0 Å². The predicted molar refractivity (Wildman–Crippen MR) is 25.2 cm³/mol. The Balaban J connectivity index is -0.00000000800. The van der Waals surface area contributed by atoms with Gasteiger partial charge < -0.3 is 49.6 Å². The van der Waals surface area contributed by atoms with Gasteiger partial charge in [-0.3, -0.25) is 4.57 Å². The zero-order valence-corrected chi connectivity index (χ0v) is 13.8. The van der Waals surface area contributed by atoms with Crippen molar-refractivity contribution in [2.75, 3.05) is 0 Å². The van der Waals surface area contributed by atoms with E-state index >= 15 is 0 Å². The van der Waals surface area contributed by atoms with Gasteiger partial charge in [0.2, 0.25) is 0 Å². The first-order valence-corrected chi connectivity index (χ1v) is 5.11. The minimum absolute atomic E-state index is 0. The smallest absolute Gasteiger partial charge is 1.00 e. The molecular weight excluding hydrogens is 474 g/mol.